The van der Waals surface area contributed by atoms with E-state index >= 15 is 0 Å². The van der Waals surface area contributed by atoms with Gasteiger partial charge in [0.15, 0.2) is 0 Å². The molecule has 2 aromatic heterocycles. The highest BCUT2D eigenvalue weighted by Crippen LogP contribution is 2.43. The van der Waals surface area contributed by atoms with Crippen molar-refractivity contribution in [3.05, 3.63) is 91.0 Å². The van der Waals surface area contributed by atoms with Crippen molar-refractivity contribution >= 4 is 49.3 Å². The van der Waals surface area contributed by atoms with Crippen molar-refractivity contribution in [1.82, 2.24) is 9.13 Å². The summed E-state index contributed by atoms with van der Waals surface area (Å²) in [7, 11) is 0. The summed E-state index contributed by atoms with van der Waals surface area (Å²) in [6.45, 7) is 0. The highest BCUT2D eigenvalue weighted by Gasteiger charge is 2.24. The maximum Gasteiger partial charge on any atom is 0.0782 e. The van der Waals surface area contributed by atoms with Crippen molar-refractivity contribution < 1.29 is 0 Å². The average Bonchev–Trinajstić information content (AvgIpc) is 3.38. The molecule has 0 spiro atoms. The number of benzene rings is 3. The first-order valence-electron chi connectivity index (χ1n) is 11.9. The van der Waals surface area contributed by atoms with E-state index in [0.29, 0.717) is 6.04 Å². The highest BCUT2D eigenvalue weighted by molar-refractivity contribution is 6.23. The van der Waals surface area contributed by atoms with Gasteiger partial charge in [0.25, 0.3) is 0 Å². The highest BCUT2D eigenvalue weighted by atomic mass is 15.1. The van der Waals surface area contributed by atoms with Gasteiger partial charge in [-0.3, -0.25) is 0 Å². The lowest BCUT2D eigenvalue weighted by Gasteiger charge is -2.23. The fourth-order valence-corrected chi connectivity index (χ4v) is 6.00. The molecule has 2 heterocycles. The first-order chi connectivity index (χ1) is 15.9. The molecule has 7 rings (SSSR count). The zero-order chi connectivity index (χ0) is 21.1. The van der Waals surface area contributed by atoms with Crippen molar-refractivity contribution in [3.8, 4) is 0 Å². The summed E-state index contributed by atoms with van der Waals surface area (Å²) in [6.07, 6.45) is 17.2. The van der Waals surface area contributed by atoms with Gasteiger partial charge in [-0.15, -0.1) is 0 Å². The maximum absolute atomic E-state index is 2.67. The second-order valence-corrected chi connectivity index (χ2v) is 9.16. The molecule has 3 aromatic carbocycles. The third-order valence-corrected chi connectivity index (χ3v) is 7.39. The minimum absolute atomic E-state index is 0.500. The molecule has 2 nitrogen and oxygen atoms in total. The average molecular weight is 415 g/mol. The first-order valence-corrected chi connectivity index (χ1v) is 11.9. The molecule has 2 aliphatic rings. The van der Waals surface area contributed by atoms with Gasteiger partial charge < -0.3 is 9.13 Å². The Morgan fingerprint density at radius 2 is 1.41 bits per heavy atom. The van der Waals surface area contributed by atoms with Crippen LogP contribution in [0.1, 0.15) is 38.1 Å². The lowest BCUT2D eigenvalue weighted by atomic mass is 10.0. The van der Waals surface area contributed by atoms with Gasteiger partial charge in [0.1, 0.15) is 0 Å². The number of rotatable bonds is 2. The Bertz CT molecular complexity index is 1600. The van der Waals surface area contributed by atoms with E-state index in [9.17, 15) is 0 Å². The van der Waals surface area contributed by atoms with Crippen LogP contribution >= 0.6 is 0 Å². The predicted molar refractivity (Wildman–Crippen MR) is 137 cm³/mol. The fraction of sp³-hybridized carbons (Fsp3) is 0.200. The Hall–Kier alpha value is -3.52. The van der Waals surface area contributed by atoms with Crippen LogP contribution in [0.5, 0.6) is 0 Å². The van der Waals surface area contributed by atoms with E-state index in [0.717, 1.165) is 25.7 Å². The molecule has 0 saturated carbocycles. The van der Waals surface area contributed by atoms with Crippen LogP contribution in [0.25, 0.3) is 49.3 Å². The molecule has 32 heavy (non-hydrogen) atoms. The van der Waals surface area contributed by atoms with Gasteiger partial charge in [-0.05, 0) is 50.3 Å². The van der Waals surface area contributed by atoms with Gasteiger partial charge in [0.05, 0.1) is 16.6 Å². The summed E-state index contributed by atoms with van der Waals surface area (Å²) in [5.41, 5.74) is 6.85. The standard InChI is InChI=1S/C30H26N2/c1-3-11-21(12-4-1)31-27-17-9-7-15-23(27)25-19-20-26-24-16-8-10-18-28(24)32(30(26)29(25)31)22-13-5-2-6-14-22/h1-3,5,7-11,15-20,22H,4,6,12-14H2. The molecule has 0 radical (unpaired) electrons. The molecule has 0 amide bonds. The molecule has 0 bridgehead atoms. The van der Waals surface area contributed by atoms with Gasteiger partial charge in [0.2, 0.25) is 0 Å². The molecule has 156 valence electrons. The monoisotopic (exact) mass is 414 g/mol. The van der Waals surface area contributed by atoms with Crippen molar-refractivity contribution in [2.24, 2.45) is 0 Å². The predicted octanol–water partition coefficient (Wildman–Crippen LogP) is 8.37. The quantitative estimate of drug-likeness (QED) is 0.257. The van der Waals surface area contributed by atoms with E-state index in [4.69, 9.17) is 0 Å². The molecule has 0 saturated heterocycles. The molecule has 0 N–H and O–H groups in total. The summed E-state index contributed by atoms with van der Waals surface area (Å²) in [6, 6.07) is 23.1. The van der Waals surface area contributed by atoms with E-state index in [2.05, 4.69) is 100 Å². The second-order valence-electron chi connectivity index (χ2n) is 9.16. The molecule has 2 heteroatoms. The van der Waals surface area contributed by atoms with Crippen LogP contribution in [0.4, 0.5) is 0 Å². The minimum Gasteiger partial charge on any atom is -0.335 e. The van der Waals surface area contributed by atoms with Crippen LogP contribution < -0.4 is 0 Å². The largest absolute Gasteiger partial charge is 0.335 e. The number of allylic oxidation sites excluding steroid dienone is 6. The summed E-state index contributed by atoms with van der Waals surface area (Å²) in [5, 5.41) is 5.45. The summed E-state index contributed by atoms with van der Waals surface area (Å²) in [4.78, 5) is 0. The van der Waals surface area contributed by atoms with Gasteiger partial charge in [-0.25, -0.2) is 0 Å². The Balaban J connectivity index is 1.72. The van der Waals surface area contributed by atoms with E-state index < -0.39 is 0 Å². The second kappa shape index (κ2) is 7.00. The topological polar surface area (TPSA) is 9.86 Å². The van der Waals surface area contributed by atoms with E-state index in [1.54, 1.807) is 0 Å². The van der Waals surface area contributed by atoms with Crippen LogP contribution in [0, 0.1) is 0 Å². The van der Waals surface area contributed by atoms with Crippen LogP contribution in [0.3, 0.4) is 0 Å². The SMILES string of the molecule is C1=CCCC(n2c3ccccc3c3ccc4c5ccccc5n(C5CC=CCC5)c4c32)=C1. The smallest absolute Gasteiger partial charge is 0.0782 e. The van der Waals surface area contributed by atoms with Crippen LogP contribution in [-0.4, -0.2) is 9.13 Å². The molecular formula is C30H26N2. The maximum atomic E-state index is 2.67. The lowest BCUT2D eigenvalue weighted by molar-refractivity contribution is 0.486. The molecule has 2 aliphatic carbocycles. The summed E-state index contributed by atoms with van der Waals surface area (Å²) in [5.74, 6) is 0. The van der Waals surface area contributed by atoms with E-state index in [-0.39, 0.29) is 0 Å². The fourth-order valence-electron chi connectivity index (χ4n) is 6.00. The Morgan fingerprint density at radius 3 is 2.16 bits per heavy atom. The Morgan fingerprint density at radius 1 is 0.656 bits per heavy atom. The van der Waals surface area contributed by atoms with Crippen molar-refractivity contribution in [1.29, 1.82) is 0 Å². The molecule has 0 fully saturated rings. The molecule has 0 aliphatic heterocycles. The summed E-state index contributed by atoms with van der Waals surface area (Å²) < 4.78 is 5.23. The molecule has 1 atom stereocenters. The van der Waals surface area contributed by atoms with E-state index in [1.165, 1.54) is 55.7 Å². The first kappa shape index (κ1) is 18.1. The zero-order valence-corrected chi connectivity index (χ0v) is 18.2. The van der Waals surface area contributed by atoms with Crippen LogP contribution in [0.15, 0.2) is 91.0 Å². The van der Waals surface area contributed by atoms with E-state index in [1.807, 2.05) is 0 Å². The van der Waals surface area contributed by atoms with Crippen molar-refractivity contribution in [2.45, 2.75) is 38.1 Å². The molecular weight excluding hydrogens is 388 g/mol. The number of nitrogens with zero attached hydrogens (tertiary/aromatic N) is 2. The van der Waals surface area contributed by atoms with Crippen LogP contribution in [0.2, 0.25) is 0 Å². The summed E-state index contributed by atoms with van der Waals surface area (Å²) >= 11 is 0. The van der Waals surface area contributed by atoms with Gasteiger partial charge in [0, 0.05) is 38.8 Å². The number of aromatic nitrogens is 2. The van der Waals surface area contributed by atoms with Crippen molar-refractivity contribution in [3.63, 3.8) is 0 Å². The van der Waals surface area contributed by atoms with Gasteiger partial charge in [-0.1, -0.05) is 72.8 Å². The molecule has 5 aromatic rings. The van der Waals surface area contributed by atoms with Gasteiger partial charge in [-0.2, -0.15) is 0 Å². The third-order valence-electron chi connectivity index (χ3n) is 7.39. The molecule has 1 unspecified atom stereocenters. The number of hydrogen-bond acceptors (Lipinski definition) is 0. The number of hydrogen-bond donors (Lipinski definition) is 0. The number of para-hydroxylation sites is 2. The Labute approximate surface area is 187 Å². The number of fused-ring (bicyclic) bond motifs is 7. The van der Waals surface area contributed by atoms with Crippen LogP contribution in [-0.2, 0) is 0 Å². The third kappa shape index (κ3) is 2.47. The Kier molecular flexibility index (Phi) is 3.96. The van der Waals surface area contributed by atoms with Crippen molar-refractivity contribution in [2.75, 3.05) is 0 Å². The normalized spacial score (nSPS) is 18.9. The zero-order valence-electron chi connectivity index (χ0n) is 18.2. The minimum atomic E-state index is 0.500. The lowest BCUT2D eigenvalue weighted by Crippen LogP contribution is -2.11. The van der Waals surface area contributed by atoms with Gasteiger partial charge >= 0.3 is 0 Å².